The molecular weight excluding hydrogens is 553 g/mol. The predicted octanol–water partition coefficient (Wildman–Crippen LogP) is 15.3. The molecule has 0 bridgehead atoms. The second-order valence-electron chi connectivity index (χ2n) is 13.8. The summed E-state index contributed by atoms with van der Waals surface area (Å²) in [6.45, 7) is 9.20. The molecule has 0 N–H and O–H groups in total. The highest BCUT2D eigenvalue weighted by Crippen LogP contribution is 2.24. The van der Waals surface area contributed by atoms with Crippen molar-refractivity contribution >= 4 is 0 Å². The van der Waals surface area contributed by atoms with Gasteiger partial charge in [-0.1, -0.05) is 185 Å². The van der Waals surface area contributed by atoms with E-state index in [1.165, 1.54) is 165 Å². The second-order valence-corrected chi connectivity index (χ2v) is 13.8. The summed E-state index contributed by atoms with van der Waals surface area (Å²) in [6, 6.07) is 6.14. The molecule has 0 aromatic heterocycles. The van der Waals surface area contributed by atoms with Gasteiger partial charge in [0, 0.05) is 0 Å². The quantitative estimate of drug-likeness (QED) is 0.0549. The van der Waals surface area contributed by atoms with E-state index in [-0.39, 0.29) is 0 Å². The van der Waals surface area contributed by atoms with Gasteiger partial charge in [-0.3, -0.25) is 0 Å². The van der Waals surface area contributed by atoms with Crippen molar-refractivity contribution in [2.24, 2.45) is 0 Å². The SMILES string of the molecule is CCCCCCC/C=C/Cc1[c]cc(C/C=C/CCCCCCC)c(C/C=C/CCCCCCC)c1C/C=C/CCCCCCC. The Hall–Kier alpha value is -1.82. The third-order valence-corrected chi connectivity index (χ3v) is 9.40. The number of hydrogen-bond acceptors (Lipinski definition) is 0. The summed E-state index contributed by atoms with van der Waals surface area (Å²) >= 11 is 0. The van der Waals surface area contributed by atoms with E-state index in [4.69, 9.17) is 0 Å². The maximum Gasteiger partial charge on any atom is -0.00883 e. The van der Waals surface area contributed by atoms with Crippen LogP contribution in [0.5, 0.6) is 0 Å². The van der Waals surface area contributed by atoms with Crippen LogP contribution < -0.4 is 0 Å². The van der Waals surface area contributed by atoms with E-state index in [1.807, 2.05) is 0 Å². The predicted molar refractivity (Wildman–Crippen MR) is 210 cm³/mol. The van der Waals surface area contributed by atoms with Crippen molar-refractivity contribution in [3.8, 4) is 0 Å². The van der Waals surface area contributed by atoms with Gasteiger partial charge in [-0.05, 0) is 105 Å². The van der Waals surface area contributed by atoms with Crippen LogP contribution in [0.1, 0.15) is 204 Å². The third kappa shape index (κ3) is 23.5. The topological polar surface area (TPSA) is 0 Å². The molecule has 0 aliphatic carbocycles. The Balaban J connectivity index is 3.06. The van der Waals surface area contributed by atoms with Gasteiger partial charge in [0.25, 0.3) is 0 Å². The summed E-state index contributed by atoms with van der Waals surface area (Å²) in [5, 5.41) is 0. The van der Waals surface area contributed by atoms with Gasteiger partial charge >= 0.3 is 0 Å². The summed E-state index contributed by atoms with van der Waals surface area (Å²) in [4.78, 5) is 0. The Morgan fingerprint density at radius 1 is 0.370 bits per heavy atom. The van der Waals surface area contributed by atoms with Crippen LogP contribution in [0.4, 0.5) is 0 Å². The van der Waals surface area contributed by atoms with Crippen molar-refractivity contribution in [2.45, 2.75) is 207 Å². The molecule has 0 atom stereocenters. The molecule has 261 valence electrons. The van der Waals surface area contributed by atoms with E-state index in [9.17, 15) is 0 Å². The number of rotatable bonds is 32. The highest BCUT2D eigenvalue weighted by Gasteiger charge is 2.11. The van der Waals surface area contributed by atoms with Crippen LogP contribution in [0.2, 0.25) is 0 Å². The number of benzene rings is 1. The zero-order valence-electron chi connectivity index (χ0n) is 31.5. The monoisotopic (exact) mass is 630 g/mol. The Bertz CT molecular complexity index is 835. The summed E-state index contributed by atoms with van der Waals surface area (Å²) in [6.07, 6.45) is 55.8. The minimum absolute atomic E-state index is 1.01. The normalized spacial score (nSPS) is 12.3. The van der Waals surface area contributed by atoms with Crippen LogP contribution in [0, 0.1) is 6.07 Å². The third-order valence-electron chi connectivity index (χ3n) is 9.40. The molecule has 0 saturated carbocycles. The highest BCUT2D eigenvalue weighted by molar-refractivity contribution is 5.44. The van der Waals surface area contributed by atoms with E-state index in [0.717, 1.165) is 25.7 Å². The first-order valence-corrected chi connectivity index (χ1v) is 20.4. The van der Waals surface area contributed by atoms with Crippen LogP contribution in [0.25, 0.3) is 0 Å². The van der Waals surface area contributed by atoms with Crippen LogP contribution >= 0.6 is 0 Å². The van der Waals surface area contributed by atoms with Gasteiger partial charge in [-0.25, -0.2) is 0 Å². The van der Waals surface area contributed by atoms with E-state index in [0.29, 0.717) is 0 Å². The first-order valence-electron chi connectivity index (χ1n) is 20.4. The Morgan fingerprint density at radius 2 is 0.717 bits per heavy atom. The average molecular weight is 630 g/mol. The molecule has 46 heavy (non-hydrogen) atoms. The Labute approximate surface area is 289 Å². The molecule has 0 heterocycles. The first kappa shape index (κ1) is 42.2. The van der Waals surface area contributed by atoms with Gasteiger partial charge < -0.3 is 0 Å². The molecule has 0 fully saturated rings. The second kappa shape index (κ2) is 33.1. The lowest BCUT2D eigenvalue weighted by Gasteiger charge is -2.16. The molecule has 0 amide bonds. The lowest BCUT2D eigenvalue weighted by molar-refractivity contribution is 0.637. The minimum Gasteiger partial charge on any atom is -0.0882 e. The van der Waals surface area contributed by atoms with E-state index >= 15 is 0 Å². The summed E-state index contributed by atoms with van der Waals surface area (Å²) in [7, 11) is 0. The summed E-state index contributed by atoms with van der Waals surface area (Å²) in [5.74, 6) is 0. The fourth-order valence-electron chi connectivity index (χ4n) is 6.34. The average Bonchev–Trinajstić information content (AvgIpc) is 3.07. The van der Waals surface area contributed by atoms with Crippen LogP contribution in [0.3, 0.4) is 0 Å². The highest BCUT2D eigenvalue weighted by atomic mass is 14.2. The van der Waals surface area contributed by atoms with Crippen LogP contribution in [-0.2, 0) is 25.7 Å². The molecule has 0 nitrogen and oxygen atoms in total. The number of allylic oxidation sites excluding steroid dienone is 8. The van der Waals surface area contributed by atoms with Gasteiger partial charge in [0.05, 0.1) is 0 Å². The van der Waals surface area contributed by atoms with E-state index in [2.05, 4.69) is 88.4 Å². The Morgan fingerprint density at radius 3 is 1.13 bits per heavy atom. The standard InChI is InChI=1S/C46H77/c1-5-9-13-17-21-25-29-33-37-43-41-42-44(38-34-30-26-22-18-14-10-6-2)46(40-36-32-28-24-20-16-12-8-4)45(43)39-35-31-27-23-19-15-11-7-3/h29-36,41H,5-28,37-40H2,1-4H3/b33-29+,34-30+,35-31+,36-32+. The molecule has 0 saturated heterocycles. The largest absolute Gasteiger partial charge is 0.0882 e. The van der Waals surface area contributed by atoms with Gasteiger partial charge in [0.15, 0.2) is 0 Å². The molecule has 1 aromatic rings. The van der Waals surface area contributed by atoms with Crippen LogP contribution in [0.15, 0.2) is 54.7 Å². The number of hydrogen-bond donors (Lipinski definition) is 0. The zero-order chi connectivity index (χ0) is 33.2. The molecule has 0 unspecified atom stereocenters. The lowest BCUT2D eigenvalue weighted by Crippen LogP contribution is -2.04. The lowest BCUT2D eigenvalue weighted by atomic mass is 9.88. The van der Waals surface area contributed by atoms with Crippen molar-refractivity contribution in [3.05, 3.63) is 83.0 Å². The van der Waals surface area contributed by atoms with Crippen LogP contribution in [-0.4, -0.2) is 0 Å². The maximum absolute atomic E-state index is 3.80. The molecule has 1 rings (SSSR count). The van der Waals surface area contributed by atoms with Gasteiger partial charge in [0.2, 0.25) is 0 Å². The first-order chi connectivity index (χ1) is 22.8. The van der Waals surface area contributed by atoms with E-state index in [1.54, 1.807) is 11.1 Å². The fraction of sp³-hybridized carbons (Fsp3) is 0.696. The molecule has 1 aromatic carbocycles. The molecule has 0 heteroatoms. The van der Waals surface area contributed by atoms with Crippen molar-refractivity contribution in [2.75, 3.05) is 0 Å². The molecule has 0 aliphatic rings. The molecular formula is C46H77. The van der Waals surface area contributed by atoms with Crippen molar-refractivity contribution in [3.63, 3.8) is 0 Å². The smallest absolute Gasteiger partial charge is 0.00883 e. The maximum atomic E-state index is 3.80. The van der Waals surface area contributed by atoms with Gasteiger partial charge in [-0.15, -0.1) is 0 Å². The molecule has 0 spiro atoms. The molecule has 1 radical (unpaired) electrons. The minimum atomic E-state index is 1.01. The number of unbranched alkanes of at least 4 members (excludes halogenated alkanes) is 20. The van der Waals surface area contributed by atoms with Crippen molar-refractivity contribution < 1.29 is 0 Å². The summed E-state index contributed by atoms with van der Waals surface area (Å²) in [5.41, 5.74) is 6.03. The van der Waals surface area contributed by atoms with E-state index < -0.39 is 0 Å². The fourth-order valence-corrected chi connectivity index (χ4v) is 6.34. The Kier molecular flexibility index (Phi) is 30.4. The van der Waals surface area contributed by atoms with Gasteiger partial charge in [-0.2, -0.15) is 0 Å². The molecule has 0 aliphatic heterocycles. The van der Waals surface area contributed by atoms with Crippen molar-refractivity contribution in [1.29, 1.82) is 0 Å². The summed E-state index contributed by atoms with van der Waals surface area (Å²) < 4.78 is 0. The zero-order valence-corrected chi connectivity index (χ0v) is 31.5. The van der Waals surface area contributed by atoms with Gasteiger partial charge in [0.1, 0.15) is 0 Å². The van der Waals surface area contributed by atoms with Crippen molar-refractivity contribution in [1.82, 2.24) is 0 Å².